The van der Waals surface area contributed by atoms with E-state index in [-0.39, 0.29) is 11.0 Å². The smallest absolute Gasteiger partial charge is 0.339 e. The fourth-order valence-corrected chi connectivity index (χ4v) is 3.38. The van der Waals surface area contributed by atoms with Gasteiger partial charge in [-0.15, -0.1) is 0 Å². The molecule has 4 heteroatoms. The van der Waals surface area contributed by atoms with E-state index in [0.717, 1.165) is 6.42 Å². The molecule has 0 aliphatic heterocycles. The Morgan fingerprint density at radius 3 is 2.86 bits per heavy atom. The second-order valence-corrected chi connectivity index (χ2v) is 6.52. The van der Waals surface area contributed by atoms with E-state index in [0.29, 0.717) is 29.3 Å². The van der Waals surface area contributed by atoms with Gasteiger partial charge in [0.25, 0.3) is 0 Å². The summed E-state index contributed by atoms with van der Waals surface area (Å²) in [6, 6.07) is 7.71. The maximum atomic E-state index is 11.5. The Kier molecular flexibility index (Phi) is 3.49. The van der Waals surface area contributed by atoms with Gasteiger partial charge in [0.15, 0.2) is 0 Å². The highest BCUT2D eigenvalue weighted by Gasteiger charge is 2.34. The molecule has 1 aliphatic rings. The number of furan rings is 1. The highest BCUT2D eigenvalue weighted by atomic mass is 16.4. The number of carboxylic acids is 1. The van der Waals surface area contributed by atoms with Gasteiger partial charge >= 0.3 is 5.97 Å². The average molecular weight is 287 g/mol. The number of fused-ring (bicyclic) bond motifs is 1. The van der Waals surface area contributed by atoms with Crippen molar-refractivity contribution in [1.82, 2.24) is 5.32 Å². The fraction of sp³-hybridized carbons (Fsp3) is 0.471. The maximum Gasteiger partial charge on any atom is 0.339 e. The maximum absolute atomic E-state index is 11.5. The van der Waals surface area contributed by atoms with Gasteiger partial charge in [0, 0.05) is 11.4 Å². The summed E-state index contributed by atoms with van der Waals surface area (Å²) in [5.74, 6) is -0.408. The molecule has 1 atom stereocenters. The molecule has 0 radical (unpaired) electrons. The summed E-state index contributed by atoms with van der Waals surface area (Å²) < 4.78 is 5.75. The zero-order valence-electron chi connectivity index (χ0n) is 12.5. The molecule has 21 heavy (non-hydrogen) atoms. The van der Waals surface area contributed by atoms with Crippen LogP contribution in [0.4, 0.5) is 0 Å². The zero-order valence-corrected chi connectivity index (χ0v) is 12.5. The molecule has 4 nitrogen and oxygen atoms in total. The molecule has 1 aromatic heterocycles. The number of nitrogens with one attached hydrogen (secondary N) is 1. The number of hydrogen-bond donors (Lipinski definition) is 2. The van der Waals surface area contributed by atoms with E-state index in [1.54, 1.807) is 6.07 Å². The largest absolute Gasteiger partial charge is 0.478 e. The molecular weight excluding hydrogens is 266 g/mol. The van der Waals surface area contributed by atoms with Gasteiger partial charge in [0.05, 0.1) is 6.54 Å². The van der Waals surface area contributed by atoms with Crippen LogP contribution in [0.15, 0.2) is 28.7 Å². The first-order chi connectivity index (χ1) is 9.99. The third-order valence-electron chi connectivity index (χ3n) is 4.65. The number of carbonyl (C=O) groups is 1. The van der Waals surface area contributed by atoms with Crippen LogP contribution < -0.4 is 5.32 Å². The van der Waals surface area contributed by atoms with Crippen molar-refractivity contribution in [2.24, 2.45) is 5.41 Å². The number of benzene rings is 1. The molecule has 0 amide bonds. The van der Waals surface area contributed by atoms with Crippen LogP contribution in [0.3, 0.4) is 0 Å². The number of aromatic carboxylic acids is 1. The van der Waals surface area contributed by atoms with Gasteiger partial charge in [0.2, 0.25) is 0 Å². The number of hydrogen-bond acceptors (Lipinski definition) is 3. The Balaban J connectivity index is 1.87. The summed E-state index contributed by atoms with van der Waals surface area (Å²) in [7, 11) is 0. The van der Waals surface area contributed by atoms with Crippen molar-refractivity contribution >= 4 is 16.9 Å². The van der Waals surface area contributed by atoms with Crippen molar-refractivity contribution in [1.29, 1.82) is 0 Å². The third-order valence-corrected chi connectivity index (χ3v) is 4.65. The van der Waals surface area contributed by atoms with Crippen molar-refractivity contribution in [2.45, 2.75) is 45.7 Å². The molecule has 1 heterocycles. The van der Waals surface area contributed by atoms with E-state index in [1.807, 2.05) is 18.2 Å². The van der Waals surface area contributed by atoms with Crippen LogP contribution in [0, 0.1) is 5.41 Å². The monoisotopic (exact) mass is 287 g/mol. The van der Waals surface area contributed by atoms with Crippen LogP contribution in [0.25, 0.3) is 11.0 Å². The van der Waals surface area contributed by atoms with Crippen LogP contribution in [0.2, 0.25) is 0 Å². The first kappa shape index (κ1) is 14.1. The Bertz CT molecular complexity index is 672. The lowest BCUT2D eigenvalue weighted by molar-refractivity contribution is 0.0696. The number of para-hydroxylation sites is 1. The Morgan fingerprint density at radius 1 is 1.43 bits per heavy atom. The van der Waals surface area contributed by atoms with Gasteiger partial charge in [-0.05, 0) is 24.3 Å². The molecule has 0 bridgehead atoms. The minimum Gasteiger partial charge on any atom is -0.478 e. The molecule has 0 spiro atoms. The lowest BCUT2D eigenvalue weighted by Gasteiger charge is -2.27. The Labute approximate surface area is 124 Å². The minimum atomic E-state index is -0.928. The van der Waals surface area contributed by atoms with Gasteiger partial charge in [-0.2, -0.15) is 0 Å². The number of carboxylic acid groups (broad SMARTS) is 1. The van der Waals surface area contributed by atoms with E-state index >= 15 is 0 Å². The molecule has 1 saturated carbocycles. The minimum absolute atomic E-state index is 0.259. The lowest BCUT2D eigenvalue weighted by atomic mass is 9.87. The lowest BCUT2D eigenvalue weighted by Crippen LogP contribution is -2.37. The van der Waals surface area contributed by atoms with E-state index in [2.05, 4.69) is 19.2 Å². The molecule has 0 saturated heterocycles. The van der Waals surface area contributed by atoms with Crippen LogP contribution in [0.5, 0.6) is 0 Å². The van der Waals surface area contributed by atoms with E-state index in [9.17, 15) is 9.90 Å². The predicted molar refractivity (Wildman–Crippen MR) is 81.4 cm³/mol. The molecule has 1 fully saturated rings. The molecular formula is C17H21NO3. The molecule has 3 rings (SSSR count). The summed E-state index contributed by atoms with van der Waals surface area (Å²) in [5.41, 5.74) is 1.18. The topological polar surface area (TPSA) is 62.5 Å². The molecule has 112 valence electrons. The predicted octanol–water partition coefficient (Wildman–Crippen LogP) is 3.80. The molecule has 1 unspecified atom stereocenters. The zero-order chi connectivity index (χ0) is 15.0. The summed E-state index contributed by atoms with van der Waals surface area (Å²) >= 11 is 0. The summed E-state index contributed by atoms with van der Waals surface area (Å²) in [6.45, 7) is 4.98. The van der Waals surface area contributed by atoms with Crippen molar-refractivity contribution in [3.05, 3.63) is 35.6 Å². The SMILES string of the molecule is CC1(C)CCCC1NCc1oc2ccccc2c1C(=O)O. The van der Waals surface area contributed by atoms with E-state index in [1.165, 1.54) is 12.8 Å². The third kappa shape index (κ3) is 2.56. The average Bonchev–Trinajstić information content (AvgIpc) is 2.95. The van der Waals surface area contributed by atoms with Crippen LogP contribution >= 0.6 is 0 Å². The fourth-order valence-electron chi connectivity index (χ4n) is 3.38. The van der Waals surface area contributed by atoms with Crippen LogP contribution in [-0.4, -0.2) is 17.1 Å². The Hall–Kier alpha value is -1.81. The summed E-state index contributed by atoms with van der Waals surface area (Å²) in [5, 5.41) is 13.6. The molecule has 2 aromatic rings. The van der Waals surface area contributed by atoms with Crippen molar-refractivity contribution in [3.63, 3.8) is 0 Å². The normalized spacial score (nSPS) is 21.0. The van der Waals surface area contributed by atoms with Crippen LogP contribution in [-0.2, 0) is 6.54 Å². The Morgan fingerprint density at radius 2 is 2.19 bits per heavy atom. The first-order valence-corrected chi connectivity index (χ1v) is 7.46. The first-order valence-electron chi connectivity index (χ1n) is 7.46. The highest BCUT2D eigenvalue weighted by Crippen LogP contribution is 2.37. The van der Waals surface area contributed by atoms with Gasteiger partial charge in [0.1, 0.15) is 16.9 Å². The second-order valence-electron chi connectivity index (χ2n) is 6.52. The number of rotatable bonds is 4. The van der Waals surface area contributed by atoms with Crippen molar-refractivity contribution < 1.29 is 14.3 Å². The van der Waals surface area contributed by atoms with Crippen molar-refractivity contribution in [2.75, 3.05) is 0 Å². The quantitative estimate of drug-likeness (QED) is 0.898. The van der Waals surface area contributed by atoms with Gasteiger partial charge in [-0.1, -0.05) is 38.5 Å². The standard InChI is InChI=1S/C17H21NO3/c1-17(2)9-5-8-14(17)18-10-13-15(16(19)20)11-6-3-4-7-12(11)21-13/h3-4,6-7,14,18H,5,8-10H2,1-2H3,(H,19,20). The summed E-state index contributed by atoms with van der Waals surface area (Å²) in [4.78, 5) is 11.5. The van der Waals surface area contributed by atoms with Gasteiger partial charge in [-0.25, -0.2) is 4.79 Å². The van der Waals surface area contributed by atoms with E-state index in [4.69, 9.17) is 4.42 Å². The van der Waals surface area contributed by atoms with Gasteiger partial charge in [-0.3, -0.25) is 0 Å². The second kappa shape index (κ2) is 5.19. The molecule has 1 aliphatic carbocycles. The van der Waals surface area contributed by atoms with Crippen LogP contribution in [0.1, 0.15) is 49.2 Å². The molecule has 1 aromatic carbocycles. The highest BCUT2D eigenvalue weighted by molar-refractivity contribution is 6.03. The van der Waals surface area contributed by atoms with Crippen molar-refractivity contribution in [3.8, 4) is 0 Å². The summed E-state index contributed by atoms with van der Waals surface area (Å²) in [6.07, 6.45) is 3.56. The van der Waals surface area contributed by atoms with Gasteiger partial charge < -0.3 is 14.8 Å². The molecule has 2 N–H and O–H groups in total. The van der Waals surface area contributed by atoms with E-state index < -0.39 is 5.97 Å².